The molecule has 7 rings (SSSR count). The zero-order valence-electron chi connectivity index (χ0n) is 36.9. The summed E-state index contributed by atoms with van der Waals surface area (Å²) in [4.78, 5) is 68.7. The maximum atomic E-state index is 14.5. The van der Waals surface area contributed by atoms with Gasteiger partial charge >= 0.3 is 12.0 Å². The van der Waals surface area contributed by atoms with E-state index in [1.165, 1.54) is 33.2 Å². The van der Waals surface area contributed by atoms with Gasteiger partial charge in [-0.3, -0.25) is 24.4 Å². The number of aromatic nitrogens is 3. The number of hydrazine groups is 1. The summed E-state index contributed by atoms with van der Waals surface area (Å²) in [6.45, 7) is 13.2. The Morgan fingerprint density at radius 3 is 2.66 bits per heavy atom. The van der Waals surface area contributed by atoms with Crippen LogP contribution in [0.25, 0.3) is 33.4 Å². The third-order valence-corrected chi connectivity index (χ3v) is 13.1. The zero-order chi connectivity index (χ0) is 44.7. The molecule has 4 N–H and O–H groups in total. The van der Waals surface area contributed by atoms with E-state index < -0.39 is 52.9 Å². The number of esters is 1. The highest BCUT2D eigenvalue weighted by Gasteiger charge is 2.46. The number of ether oxygens (including phenoxy) is 2. The molecule has 0 radical (unpaired) electrons. The number of hydrogen-bond donors (Lipinski definition) is 3. The van der Waals surface area contributed by atoms with Crippen LogP contribution in [-0.4, -0.2) is 117 Å². The Morgan fingerprint density at radius 1 is 1.21 bits per heavy atom. The number of thiazole rings is 1. The molecule has 2 saturated heterocycles. The SMILES string of the molecule is CCn1c(-c2cccnc2[C@H](C)OC)c2c3cc(ccc31)-c1csc(n1)C[C@H](NC(=O)C(C(C)C)N(C)C(=O)N1CC(N)(C#N)C1)C(=O)N1CCC[C@H](N1)C(=O)OCC(C)(C)C2. The van der Waals surface area contributed by atoms with Crippen molar-refractivity contribution in [3.8, 4) is 28.6 Å². The zero-order valence-corrected chi connectivity index (χ0v) is 37.7. The van der Waals surface area contributed by atoms with Gasteiger partial charge in [0.2, 0.25) is 5.91 Å². The first-order valence-corrected chi connectivity index (χ1v) is 22.2. The number of nitrogens with two attached hydrogens (primary N) is 1. The van der Waals surface area contributed by atoms with Crippen molar-refractivity contribution in [1.29, 1.82) is 5.26 Å². The Kier molecular flexibility index (Phi) is 12.8. The van der Waals surface area contributed by atoms with E-state index in [4.69, 9.17) is 25.2 Å². The Balaban J connectivity index is 1.28. The molecule has 4 atom stereocenters. The first-order valence-electron chi connectivity index (χ1n) is 21.3. The maximum absolute atomic E-state index is 14.5. The lowest BCUT2D eigenvalue weighted by atomic mass is 9.84. The third kappa shape index (κ3) is 8.78. The molecule has 17 heteroatoms. The average molecular weight is 867 g/mol. The predicted molar refractivity (Wildman–Crippen MR) is 235 cm³/mol. The van der Waals surface area contributed by atoms with Crippen LogP contribution in [0.3, 0.4) is 0 Å². The molecule has 3 aliphatic heterocycles. The van der Waals surface area contributed by atoms with Crippen molar-refractivity contribution >= 4 is 46.1 Å². The molecule has 3 aliphatic rings. The lowest BCUT2D eigenvalue weighted by molar-refractivity contribution is -0.155. The number of pyridine rings is 1. The normalized spacial score (nSPS) is 21.0. The van der Waals surface area contributed by atoms with Crippen molar-refractivity contribution in [2.24, 2.45) is 17.1 Å². The second-order valence-electron chi connectivity index (χ2n) is 18.0. The van der Waals surface area contributed by atoms with Gasteiger partial charge in [-0.25, -0.2) is 15.2 Å². The van der Waals surface area contributed by atoms with Crippen LogP contribution in [0, 0.1) is 22.7 Å². The van der Waals surface area contributed by atoms with Crippen LogP contribution >= 0.6 is 11.3 Å². The summed E-state index contributed by atoms with van der Waals surface area (Å²) in [5.41, 5.74) is 14.1. The maximum Gasteiger partial charge on any atom is 0.324 e. The van der Waals surface area contributed by atoms with E-state index in [1.54, 1.807) is 13.3 Å². The first-order chi connectivity index (χ1) is 29.5. The largest absolute Gasteiger partial charge is 0.464 e. The number of benzene rings is 1. The van der Waals surface area contributed by atoms with Gasteiger partial charge in [0.15, 0.2) is 0 Å². The minimum absolute atomic E-state index is 0.0489. The number of amides is 4. The number of hydrogen-bond acceptors (Lipinski definition) is 12. The van der Waals surface area contributed by atoms with Crippen LogP contribution in [-0.2, 0) is 43.2 Å². The van der Waals surface area contributed by atoms with E-state index in [0.29, 0.717) is 37.4 Å². The number of aryl methyl sites for hydroxylation is 1. The van der Waals surface area contributed by atoms with E-state index in [-0.39, 0.29) is 38.1 Å². The van der Waals surface area contributed by atoms with E-state index in [1.807, 2.05) is 38.3 Å². The van der Waals surface area contributed by atoms with Gasteiger partial charge in [-0.15, -0.1) is 11.3 Å². The molecule has 0 aliphatic carbocycles. The average Bonchev–Trinajstić information content (AvgIpc) is 3.84. The van der Waals surface area contributed by atoms with Gasteiger partial charge in [-0.05, 0) is 68.9 Å². The number of methoxy groups -OCH3 is 1. The van der Waals surface area contributed by atoms with Crippen molar-refractivity contribution in [3.63, 3.8) is 0 Å². The molecular formula is C45H58N10O6S. The number of urea groups is 1. The number of nitrogens with zero attached hydrogens (tertiary/aromatic N) is 7. The molecule has 16 nitrogen and oxygen atoms in total. The molecule has 0 saturated carbocycles. The van der Waals surface area contributed by atoms with Crippen LogP contribution in [0.5, 0.6) is 0 Å². The van der Waals surface area contributed by atoms with Crippen molar-refractivity contribution in [2.45, 2.75) is 104 Å². The number of carbonyl (C=O) groups is 4. The highest BCUT2D eigenvalue weighted by atomic mass is 32.1. The summed E-state index contributed by atoms with van der Waals surface area (Å²) in [7, 11) is 3.21. The lowest BCUT2D eigenvalue weighted by Crippen LogP contribution is -2.70. The number of nitrogens with one attached hydrogen (secondary N) is 2. The van der Waals surface area contributed by atoms with E-state index in [9.17, 15) is 24.4 Å². The predicted octanol–water partition coefficient (Wildman–Crippen LogP) is 4.82. The number of carbonyl (C=O) groups excluding carboxylic acids is 4. The van der Waals surface area contributed by atoms with Crippen LogP contribution < -0.4 is 16.5 Å². The van der Waals surface area contributed by atoms with Gasteiger partial charge in [0, 0.05) is 72.7 Å². The highest BCUT2D eigenvalue weighted by molar-refractivity contribution is 7.10. The Morgan fingerprint density at radius 2 is 1.97 bits per heavy atom. The fraction of sp³-hybridized carbons (Fsp3) is 0.533. The van der Waals surface area contributed by atoms with Crippen LogP contribution in [0.1, 0.15) is 76.8 Å². The van der Waals surface area contributed by atoms with Gasteiger partial charge < -0.3 is 34.9 Å². The molecule has 62 heavy (non-hydrogen) atoms. The summed E-state index contributed by atoms with van der Waals surface area (Å²) in [6, 6.07) is 9.12. The minimum atomic E-state index is -1.13. The molecule has 330 valence electrons. The van der Waals surface area contributed by atoms with Gasteiger partial charge in [0.1, 0.15) is 23.7 Å². The summed E-state index contributed by atoms with van der Waals surface area (Å²) in [5.74, 6) is -1.76. The van der Waals surface area contributed by atoms with Crippen molar-refractivity contribution in [1.82, 2.24) is 40.1 Å². The Bertz CT molecular complexity index is 2400. The molecular weight excluding hydrogens is 809 g/mol. The van der Waals surface area contributed by atoms with Crippen LogP contribution in [0.2, 0.25) is 0 Å². The van der Waals surface area contributed by atoms with E-state index in [0.717, 1.165) is 44.7 Å². The molecule has 4 aromatic rings. The Labute approximate surface area is 366 Å². The molecule has 2 fully saturated rings. The molecule has 4 amide bonds. The number of nitriles is 1. The van der Waals surface area contributed by atoms with Gasteiger partial charge in [0.05, 0.1) is 54.0 Å². The number of fused-ring (bicyclic) bond motifs is 6. The van der Waals surface area contributed by atoms with Gasteiger partial charge in [-0.2, -0.15) is 5.26 Å². The second-order valence-corrected chi connectivity index (χ2v) is 18.9. The standard InChI is InChI=1S/C45H58N10O6S/c1-9-54-35-15-14-28-18-30(35)31(39(54)29-12-10-16-48-37(29)27(4)60-8)20-44(5,6)25-61-42(58)32-13-11-17-55(51-32)41(57)33(19-36-49-34(28)21-62-36)50-40(56)38(26(2)3)52(7)43(59)53-23-45(47,22-46)24-53/h10,12,14-16,18,21,26-27,32-33,38,51H,9,11,13,17,19-20,23-25,47H2,1-8H3,(H,50,56)/t27-,32-,33-,38?/m0/s1. The smallest absolute Gasteiger partial charge is 0.324 e. The molecule has 6 bridgehead atoms. The van der Waals surface area contributed by atoms with Gasteiger partial charge in [0.25, 0.3) is 5.91 Å². The minimum Gasteiger partial charge on any atom is -0.464 e. The molecule has 6 heterocycles. The van der Waals surface area contributed by atoms with E-state index >= 15 is 0 Å². The number of cyclic esters (lactones) is 1. The highest BCUT2D eigenvalue weighted by Crippen LogP contribution is 2.42. The number of likely N-dealkylation sites (tertiary alicyclic amines) is 1. The van der Waals surface area contributed by atoms with Crippen LogP contribution in [0.4, 0.5) is 4.79 Å². The van der Waals surface area contributed by atoms with E-state index in [2.05, 4.69) is 60.3 Å². The monoisotopic (exact) mass is 866 g/mol. The topological polar surface area (TPSA) is 201 Å². The lowest BCUT2D eigenvalue weighted by Gasteiger charge is -2.45. The molecule has 3 aromatic heterocycles. The molecule has 0 spiro atoms. The second kappa shape index (κ2) is 17.8. The fourth-order valence-corrected chi connectivity index (χ4v) is 9.78. The molecule has 1 aromatic carbocycles. The third-order valence-electron chi connectivity index (χ3n) is 12.2. The first kappa shape index (κ1) is 44.6. The quantitative estimate of drug-likeness (QED) is 0.205. The summed E-state index contributed by atoms with van der Waals surface area (Å²) >= 11 is 1.39. The van der Waals surface area contributed by atoms with Crippen molar-refractivity contribution in [3.05, 3.63) is 58.2 Å². The van der Waals surface area contributed by atoms with Crippen molar-refractivity contribution in [2.75, 3.05) is 40.4 Å². The van der Waals surface area contributed by atoms with Crippen LogP contribution in [0.15, 0.2) is 41.9 Å². The Hall–Kier alpha value is -5.41. The fourth-order valence-electron chi connectivity index (χ4n) is 8.93. The van der Waals surface area contributed by atoms with Gasteiger partial charge in [-0.1, -0.05) is 33.8 Å². The van der Waals surface area contributed by atoms with Crippen molar-refractivity contribution < 1.29 is 28.7 Å². The summed E-state index contributed by atoms with van der Waals surface area (Å²) in [5, 5.41) is 17.4. The number of likely N-dealkylation sites (N-methyl/N-ethyl adjacent to an activating group) is 1. The molecule has 1 unspecified atom stereocenters. The summed E-state index contributed by atoms with van der Waals surface area (Å²) < 4.78 is 14.2. The summed E-state index contributed by atoms with van der Waals surface area (Å²) in [6.07, 6.45) is 3.16. The number of rotatable bonds is 8.